The maximum atomic E-state index is 12.3. The number of hydrogen-bond donors (Lipinski definition) is 3. The summed E-state index contributed by atoms with van der Waals surface area (Å²) in [6.45, 7) is 4.63. The average molecular weight is 256 g/mol. The Labute approximate surface area is 110 Å². The Morgan fingerprint density at radius 2 is 1.83 bits per heavy atom. The minimum absolute atomic E-state index is 0.0324. The zero-order valence-electron chi connectivity index (χ0n) is 11.8. The Morgan fingerprint density at radius 3 is 2.28 bits per heavy atom. The molecule has 0 bridgehead atoms. The quantitative estimate of drug-likeness (QED) is 0.675. The van der Waals surface area contributed by atoms with E-state index in [-0.39, 0.29) is 11.3 Å². The van der Waals surface area contributed by atoms with E-state index in [0.717, 1.165) is 25.7 Å². The van der Waals surface area contributed by atoms with Crippen LogP contribution < -0.4 is 11.1 Å². The lowest BCUT2D eigenvalue weighted by Gasteiger charge is -2.36. The van der Waals surface area contributed by atoms with Gasteiger partial charge in [0.25, 0.3) is 0 Å². The minimum atomic E-state index is -0.778. The fraction of sp³-hybridized carbons (Fsp3) is 0.929. The second-order valence-electron chi connectivity index (χ2n) is 5.66. The van der Waals surface area contributed by atoms with Crippen molar-refractivity contribution in [2.45, 2.75) is 64.4 Å². The van der Waals surface area contributed by atoms with Gasteiger partial charge in [0.1, 0.15) is 0 Å². The molecule has 1 fully saturated rings. The molecule has 1 aliphatic rings. The number of nitrogens with one attached hydrogen (secondary N) is 1. The maximum absolute atomic E-state index is 12.3. The van der Waals surface area contributed by atoms with Gasteiger partial charge in [-0.05, 0) is 25.7 Å². The predicted molar refractivity (Wildman–Crippen MR) is 73.1 cm³/mol. The maximum Gasteiger partial charge on any atom is 0.227 e. The fourth-order valence-electron chi connectivity index (χ4n) is 2.68. The van der Waals surface area contributed by atoms with Crippen LogP contribution in [0.1, 0.15) is 58.8 Å². The molecule has 1 rings (SSSR count). The molecule has 0 aliphatic heterocycles. The summed E-state index contributed by atoms with van der Waals surface area (Å²) in [5.74, 6) is 0.0324. The monoisotopic (exact) mass is 256 g/mol. The molecule has 0 aromatic rings. The van der Waals surface area contributed by atoms with Crippen molar-refractivity contribution in [3.05, 3.63) is 0 Å². The number of amides is 1. The number of rotatable bonds is 6. The molecule has 1 saturated carbocycles. The molecule has 4 heteroatoms. The number of carbonyl (C=O) groups excluding carboxylic acids is 1. The van der Waals surface area contributed by atoms with Crippen LogP contribution in [0.4, 0.5) is 0 Å². The van der Waals surface area contributed by atoms with Crippen LogP contribution in [0.15, 0.2) is 0 Å². The van der Waals surface area contributed by atoms with Crippen molar-refractivity contribution in [2.75, 3.05) is 13.1 Å². The molecule has 18 heavy (non-hydrogen) atoms. The third-order valence-corrected chi connectivity index (χ3v) is 4.58. The van der Waals surface area contributed by atoms with E-state index in [1.807, 2.05) is 13.8 Å². The summed E-state index contributed by atoms with van der Waals surface area (Å²) in [7, 11) is 0. The molecule has 0 atom stereocenters. The number of aliphatic hydroxyl groups is 1. The van der Waals surface area contributed by atoms with Crippen molar-refractivity contribution in [2.24, 2.45) is 11.1 Å². The predicted octanol–water partition coefficient (Wildman–Crippen LogP) is 1.56. The van der Waals surface area contributed by atoms with E-state index in [9.17, 15) is 9.90 Å². The first-order valence-corrected chi connectivity index (χ1v) is 7.23. The molecule has 0 radical (unpaired) electrons. The first-order valence-electron chi connectivity index (χ1n) is 7.23. The topological polar surface area (TPSA) is 75.3 Å². The van der Waals surface area contributed by atoms with E-state index < -0.39 is 5.60 Å². The summed E-state index contributed by atoms with van der Waals surface area (Å²) in [5, 5.41) is 13.1. The van der Waals surface area contributed by atoms with Gasteiger partial charge in [0.05, 0.1) is 11.0 Å². The van der Waals surface area contributed by atoms with Gasteiger partial charge in [-0.3, -0.25) is 4.79 Å². The third kappa shape index (κ3) is 3.45. The molecule has 1 amide bonds. The number of nitrogens with two attached hydrogens (primary N) is 1. The van der Waals surface area contributed by atoms with Crippen molar-refractivity contribution in [3.8, 4) is 0 Å². The van der Waals surface area contributed by atoms with Crippen molar-refractivity contribution >= 4 is 5.91 Å². The molecule has 0 aromatic carbocycles. The standard InChI is InChI=1S/C14H28N2O2/c1-3-14(18,4-2)11-16-12(17)13(10-15)8-6-5-7-9-13/h18H,3-11,15H2,1-2H3,(H,16,17). The van der Waals surface area contributed by atoms with E-state index in [2.05, 4.69) is 5.32 Å². The number of hydrogen-bond acceptors (Lipinski definition) is 3. The van der Waals surface area contributed by atoms with E-state index in [0.29, 0.717) is 25.9 Å². The average Bonchev–Trinajstić information content (AvgIpc) is 2.45. The van der Waals surface area contributed by atoms with Crippen LogP contribution in [0.5, 0.6) is 0 Å². The molecule has 4 N–H and O–H groups in total. The summed E-state index contributed by atoms with van der Waals surface area (Å²) in [6.07, 6.45) is 6.42. The van der Waals surface area contributed by atoms with Crippen LogP contribution in [0.3, 0.4) is 0 Å². The molecule has 1 aliphatic carbocycles. The zero-order valence-corrected chi connectivity index (χ0v) is 11.8. The van der Waals surface area contributed by atoms with Gasteiger partial charge >= 0.3 is 0 Å². The van der Waals surface area contributed by atoms with E-state index in [1.54, 1.807) is 0 Å². The Balaban J connectivity index is 2.57. The highest BCUT2D eigenvalue weighted by atomic mass is 16.3. The second-order valence-corrected chi connectivity index (χ2v) is 5.66. The lowest BCUT2D eigenvalue weighted by Crippen LogP contribution is -2.51. The van der Waals surface area contributed by atoms with Gasteiger partial charge in [-0.25, -0.2) is 0 Å². The highest BCUT2D eigenvalue weighted by Gasteiger charge is 2.38. The Morgan fingerprint density at radius 1 is 1.28 bits per heavy atom. The van der Waals surface area contributed by atoms with E-state index in [4.69, 9.17) is 5.73 Å². The van der Waals surface area contributed by atoms with Crippen molar-refractivity contribution < 1.29 is 9.90 Å². The highest BCUT2D eigenvalue weighted by molar-refractivity contribution is 5.83. The van der Waals surface area contributed by atoms with Crippen LogP contribution in [0.25, 0.3) is 0 Å². The van der Waals surface area contributed by atoms with Gasteiger partial charge in [-0.15, -0.1) is 0 Å². The van der Waals surface area contributed by atoms with Crippen LogP contribution in [-0.2, 0) is 4.79 Å². The number of carbonyl (C=O) groups is 1. The van der Waals surface area contributed by atoms with Gasteiger partial charge in [0, 0.05) is 13.1 Å². The molecular weight excluding hydrogens is 228 g/mol. The lowest BCUT2D eigenvalue weighted by molar-refractivity contribution is -0.133. The molecule has 0 saturated heterocycles. The van der Waals surface area contributed by atoms with Gasteiger partial charge in [0.2, 0.25) is 5.91 Å². The molecule has 0 spiro atoms. The summed E-state index contributed by atoms with van der Waals surface area (Å²) in [5.41, 5.74) is 4.65. The SMILES string of the molecule is CCC(O)(CC)CNC(=O)C1(CN)CCCCC1. The third-order valence-electron chi connectivity index (χ3n) is 4.58. The molecule has 4 nitrogen and oxygen atoms in total. The fourth-order valence-corrected chi connectivity index (χ4v) is 2.68. The second kappa shape index (κ2) is 6.53. The normalized spacial score (nSPS) is 19.6. The Bertz CT molecular complexity index is 269. The van der Waals surface area contributed by atoms with E-state index in [1.165, 1.54) is 6.42 Å². The summed E-state index contributed by atoms with van der Waals surface area (Å²) in [4.78, 5) is 12.3. The highest BCUT2D eigenvalue weighted by Crippen LogP contribution is 2.35. The first-order chi connectivity index (χ1) is 8.52. The smallest absolute Gasteiger partial charge is 0.227 e. The largest absolute Gasteiger partial charge is 0.388 e. The van der Waals surface area contributed by atoms with Crippen molar-refractivity contribution in [1.82, 2.24) is 5.32 Å². The van der Waals surface area contributed by atoms with Crippen molar-refractivity contribution in [1.29, 1.82) is 0 Å². The molecular formula is C14H28N2O2. The summed E-state index contributed by atoms with van der Waals surface area (Å²) in [6, 6.07) is 0. The van der Waals surface area contributed by atoms with E-state index >= 15 is 0 Å². The summed E-state index contributed by atoms with van der Waals surface area (Å²) >= 11 is 0. The van der Waals surface area contributed by atoms with Crippen LogP contribution >= 0.6 is 0 Å². The van der Waals surface area contributed by atoms with Gasteiger partial charge in [-0.2, -0.15) is 0 Å². The Kier molecular flexibility index (Phi) is 5.60. The molecule has 0 aromatic heterocycles. The molecule has 106 valence electrons. The van der Waals surface area contributed by atoms with Crippen LogP contribution in [-0.4, -0.2) is 29.7 Å². The summed E-state index contributed by atoms with van der Waals surface area (Å²) < 4.78 is 0. The minimum Gasteiger partial charge on any atom is -0.388 e. The van der Waals surface area contributed by atoms with Crippen LogP contribution in [0, 0.1) is 5.41 Å². The van der Waals surface area contributed by atoms with Crippen molar-refractivity contribution in [3.63, 3.8) is 0 Å². The molecule has 0 unspecified atom stereocenters. The van der Waals surface area contributed by atoms with Gasteiger partial charge in [-0.1, -0.05) is 33.1 Å². The van der Waals surface area contributed by atoms with Gasteiger partial charge in [0.15, 0.2) is 0 Å². The molecule has 0 heterocycles. The lowest BCUT2D eigenvalue weighted by atomic mass is 9.73. The Hall–Kier alpha value is -0.610. The first kappa shape index (κ1) is 15.4. The zero-order chi connectivity index (χ0) is 13.6. The van der Waals surface area contributed by atoms with Gasteiger partial charge < -0.3 is 16.2 Å². The van der Waals surface area contributed by atoms with Crippen LogP contribution in [0.2, 0.25) is 0 Å².